The maximum atomic E-state index is 12.7. The molecule has 116 valence electrons. The minimum absolute atomic E-state index is 0.115. The van der Waals surface area contributed by atoms with Gasteiger partial charge < -0.3 is 19.5 Å². The van der Waals surface area contributed by atoms with Crippen molar-refractivity contribution in [1.29, 1.82) is 0 Å². The van der Waals surface area contributed by atoms with Crippen LogP contribution in [0.25, 0.3) is 6.08 Å². The molecule has 1 atom stereocenters. The van der Waals surface area contributed by atoms with Crippen LogP contribution in [0.1, 0.15) is 12.0 Å². The number of carbonyl (C=O) groups excluding carboxylic acids is 1. The third kappa shape index (κ3) is 2.96. The second-order valence-electron chi connectivity index (χ2n) is 5.32. The average molecular weight is 303 g/mol. The van der Waals surface area contributed by atoms with Gasteiger partial charge in [0, 0.05) is 12.1 Å². The minimum atomic E-state index is -0.937. The monoisotopic (exact) mass is 303 g/mol. The first-order chi connectivity index (χ1) is 10.6. The Labute approximate surface area is 127 Å². The molecule has 6 nitrogen and oxygen atoms in total. The molecule has 2 aliphatic heterocycles. The molecule has 0 saturated carbocycles. The van der Waals surface area contributed by atoms with Crippen molar-refractivity contribution in [3.63, 3.8) is 0 Å². The van der Waals surface area contributed by atoms with Gasteiger partial charge in [-0.2, -0.15) is 0 Å². The first kappa shape index (κ1) is 14.6. The zero-order valence-corrected chi connectivity index (χ0v) is 12.0. The smallest absolute Gasteiger partial charge is 0.305 e. The molecule has 2 heterocycles. The second-order valence-corrected chi connectivity index (χ2v) is 5.32. The molecule has 1 amide bonds. The van der Waals surface area contributed by atoms with Crippen molar-refractivity contribution in [1.82, 2.24) is 4.90 Å². The van der Waals surface area contributed by atoms with E-state index < -0.39 is 12.0 Å². The SMILES string of the molecule is O=C(O)C[C@H]1COCCN1C(=O)C1=Cc2ccccc2OC1. The van der Waals surface area contributed by atoms with Gasteiger partial charge in [0.15, 0.2) is 0 Å². The lowest BCUT2D eigenvalue weighted by molar-refractivity contribution is -0.144. The van der Waals surface area contributed by atoms with Crippen LogP contribution >= 0.6 is 0 Å². The van der Waals surface area contributed by atoms with Gasteiger partial charge in [0.25, 0.3) is 5.91 Å². The summed E-state index contributed by atoms with van der Waals surface area (Å²) in [4.78, 5) is 25.2. The van der Waals surface area contributed by atoms with Crippen molar-refractivity contribution in [3.8, 4) is 5.75 Å². The van der Waals surface area contributed by atoms with Gasteiger partial charge in [-0.05, 0) is 12.1 Å². The van der Waals surface area contributed by atoms with Gasteiger partial charge in [-0.3, -0.25) is 9.59 Å². The number of aliphatic carboxylic acids is 1. The van der Waals surface area contributed by atoms with E-state index in [1.807, 2.05) is 30.3 Å². The Morgan fingerprint density at radius 1 is 1.32 bits per heavy atom. The van der Waals surface area contributed by atoms with Gasteiger partial charge in [-0.15, -0.1) is 0 Å². The van der Waals surface area contributed by atoms with Crippen LogP contribution in [0.15, 0.2) is 29.8 Å². The van der Waals surface area contributed by atoms with Crippen molar-refractivity contribution in [3.05, 3.63) is 35.4 Å². The number of nitrogens with zero attached hydrogens (tertiary/aromatic N) is 1. The van der Waals surface area contributed by atoms with Crippen LogP contribution in [-0.2, 0) is 14.3 Å². The lowest BCUT2D eigenvalue weighted by Gasteiger charge is -2.35. The molecule has 2 aliphatic rings. The molecule has 1 aromatic rings. The summed E-state index contributed by atoms with van der Waals surface area (Å²) in [6.07, 6.45) is 1.70. The highest BCUT2D eigenvalue weighted by Gasteiger charge is 2.31. The zero-order valence-electron chi connectivity index (χ0n) is 12.0. The Morgan fingerprint density at radius 3 is 2.95 bits per heavy atom. The lowest BCUT2D eigenvalue weighted by Crippen LogP contribution is -2.50. The number of hydrogen-bond donors (Lipinski definition) is 1. The van der Waals surface area contributed by atoms with E-state index in [1.54, 1.807) is 4.90 Å². The number of benzene rings is 1. The first-order valence-electron chi connectivity index (χ1n) is 7.18. The summed E-state index contributed by atoms with van der Waals surface area (Å²) in [5.41, 5.74) is 1.40. The number of carbonyl (C=O) groups is 2. The van der Waals surface area contributed by atoms with Crippen molar-refractivity contribution >= 4 is 18.0 Å². The average Bonchev–Trinajstić information content (AvgIpc) is 2.54. The number of carboxylic acids is 1. The van der Waals surface area contributed by atoms with Crippen LogP contribution in [0, 0.1) is 0 Å². The second kappa shape index (κ2) is 6.19. The summed E-state index contributed by atoms with van der Waals surface area (Å²) in [6, 6.07) is 7.07. The molecule has 0 radical (unpaired) electrons. The fraction of sp³-hybridized carbons (Fsp3) is 0.375. The number of morpholine rings is 1. The van der Waals surface area contributed by atoms with Gasteiger partial charge in [0.2, 0.25) is 0 Å². The highest BCUT2D eigenvalue weighted by atomic mass is 16.5. The molecule has 1 fully saturated rings. The van der Waals surface area contributed by atoms with Gasteiger partial charge >= 0.3 is 5.97 Å². The number of para-hydroxylation sites is 1. The minimum Gasteiger partial charge on any atom is -0.488 e. The molecule has 0 bridgehead atoms. The summed E-state index contributed by atoms with van der Waals surface area (Å²) in [5, 5.41) is 8.97. The predicted octanol–water partition coefficient (Wildman–Crippen LogP) is 1.16. The van der Waals surface area contributed by atoms with E-state index in [4.69, 9.17) is 14.6 Å². The van der Waals surface area contributed by atoms with Crippen molar-refractivity contribution in [2.75, 3.05) is 26.4 Å². The third-order valence-electron chi connectivity index (χ3n) is 3.81. The number of ether oxygens (including phenoxy) is 2. The number of fused-ring (bicyclic) bond motifs is 1. The third-order valence-corrected chi connectivity index (χ3v) is 3.81. The van der Waals surface area contributed by atoms with Crippen molar-refractivity contribution in [2.24, 2.45) is 0 Å². The predicted molar refractivity (Wildman–Crippen MR) is 78.5 cm³/mol. The molecule has 1 saturated heterocycles. The van der Waals surface area contributed by atoms with E-state index in [0.717, 1.165) is 11.3 Å². The van der Waals surface area contributed by atoms with E-state index in [1.165, 1.54) is 0 Å². The fourth-order valence-corrected chi connectivity index (χ4v) is 2.72. The Kier molecular flexibility index (Phi) is 4.11. The molecule has 3 rings (SSSR count). The number of amides is 1. The summed E-state index contributed by atoms with van der Waals surface area (Å²) < 4.78 is 10.9. The topological polar surface area (TPSA) is 76.1 Å². The van der Waals surface area contributed by atoms with Crippen molar-refractivity contribution in [2.45, 2.75) is 12.5 Å². The van der Waals surface area contributed by atoms with Gasteiger partial charge in [0.1, 0.15) is 12.4 Å². The molecule has 22 heavy (non-hydrogen) atoms. The van der Waals surface area contributed by atoms with Crippen LogP contribution < -0.4 is 4.74 Å². The molecule has 0 spiro atoms. The molecule has 0 aliphatic carbocycles. The largest absolute Gasteiger partial charge is 0.488 e. The normalized spacial score (nSPS) is 20.6. The van der Waals surface area contributed by atoms with E-state index in [9.17, 15) is 9.59 Å². The molecule has 0 unspecified atom stereocenters. The Balaban J connectivity index is 1.81. The standard InChI is InChI=1S/C16H17NO5/c18-15(19)8-13-10-21-6-5-17(13)16(20)12-7-11-3-1-2-4-14(11)22-9-12/h1-4,7,13H,5-6,8-10H2,(H,18,19)/t13-/m0/s1. The molecule has 1 N–H and O–H groups in total. The quantitative estimate of drug-likeness (QED) is 0.907. The number of carboxylic acid groups (broad SMARTS) is 1. The summed E-state index contributed by atoms with van der Waals surface area (Å²) in [6.45, 7) is 1.28. The fourth-order valence-electron chi connectivity index (χ4n) is 2.72. The van der Waals surface area contributed by atoms with E-state index in [-0.39, 0.29) is 25.5 Å². The van der Waals surface area contributed by atoms with Crippen LogP contribution in [0.2, 0.25) is 0 Å². The van der Waals surface area contributed by atoms with Crippen LogP contribution in [0.3, 0.4) is 0 Å². The van der Waals surface area contributed by atoms with E-state index in [0.29, 0.717) is 18.7 Å². The van der Waals surface area contributed by atoms with E-state index in [2.05, 4.69) is 0 Å². The maximum absolute atomic E-state index is 12.7. The van der Waals surface area contributed by atoms with Crippen LogP contribution in [0.4, 0.5) is 0 Å². The molecule has 1 aromatic carbocycles. The Hall–Kier alpha value is -2.34. The highest BCUT2D eigenvalue weighted by Crippen LogP contribution is 2.27. The van der Waals surface area contributed by atoms with Gasteiger partial charge in [-0.1, -0.05) is 18.2 Å². The Bertz CT molecular complexity index is 625. The van der Waals surface area contributed by atoms with Crippen LogP contribution in [0.5, 0.6) is 5.75 Å². The lowest BCUT2D eigenvalue weighted by atomic mass is 10.0. The maximum Gasteiger partial charge on any atom is 0.305 e. The molecular weight excluding hydrogens is 286 g/mol. The zero-order chi connectivity index (χ0) is 15.5. The first-order valence-corrected chi connectivity index (χ1v) is 7.18. The molecular formula is C16H17NO5. The molecule has 0 aromatic heterocycles. The highest BCUT2D eigenvalue weighted by molar-refractivity contribution is 5.99. The van der Waals surface area contributed by atoms with Gasteiger partial charge in [0.05, 0.1) is 31.2 Å². The number of hydrogen-bond acceptors (Lipinski definition) is 4. The summed E-state index contributed by atoms with van der Waals surface area (Å²) in [5.74, 6) is -0.361. The van der Waals surface area contributed by atoms with Crippen LogP contribution in [-0.4, -0.2) is 54.3 Å². The van der Waals surface area contributed by atoms with Crippen molar-refractivity contribution < 1.29 is 24.2 Å². The summed E-state index contributed by atoms with van der Waals surface area (Å²) >= 11 is 0. The number of rotatable bonds is 3. The Morgan fingerprint density at radius 2 is 2.14 bits per heavy atom. The molecule has 6 heteroatoms. The summed E-state index contributed by atoms with van der Waals surface area (Å²) in [7, 11) is 0. The van der Waals surface area contributed by atoms with E-state index >= 15 is 0 Å². The van der Waals surface area contributed by atoms with Gasteiger partial charge in [-0.25, -0.2) is 0 Å².